The zero-order valence-electron chi connectivity index (χ0n) is 38.2. The van der Waals surface area contributed by atoms with Crippen LogP contribution in [0.1, 0.15) is 232 Å². The van der Waals surface area contributed by atoms with Crippen LogP contribution in [-0.2, 0) is 51.4 Å². The van der Waals surface area contributed by atoms with Gasteiger partial charge < -0.3 is 0 Å². The lowest BCUT2D eigenvalue weighted by molar-refractivity contribution is 0.760. The second-order valence-electron chi connectivity index (χ2n) is 16.6. The molecule has 0 amide bonds. The van der Waals surface area contributed by atoms with Crippen molar-refractivity contribution in [2.75, 3.05) is 0 Å². The van der Waals surface area contributed by atoms with Gasteiger partial charge in [-0.25, -0.2) is 0 Å². The van der Waals surface area contributed by atoms with Gasteiger partial charge in [0.25, 0.3) is 0 Å². The van der Waals surface area contributed by atoms with Crippen LogP contribution in [0.2, 0.25) is 0 Å². The van der Waals surface area contributed by atoms with E-state index < -0.39 is 0 Å². The topological polar surface area (TPSA) is 0 Å². The zero-order valence-corrected chi connectivity index (χ0v) is 41.5. The maximum absolute atomic E-state index is 2.55. The van der Waals surface area contributed by atoms with E-state index in [0.717, 1.165) is 0 Å². The fraction of sp³-hybridized carbons (Fsp3) is 0.593. The monoisotopic (exact) mass is 857 g/mol. The van der Waals surface area contributed by atoms with Crippen LogP contribution in [0, 0.1) is 0 Å². The molecule has 58 heavy (non-hydrogen) atoms. The predicted octanol–water partition coefficient (Wildman–Crippen LogP) is 19.2. The van der Waals surface area contributed by atoms with Gasteiger partial charge in [0.15, 0.2) is 0 Å². The van der Waals surface area contributed by atoms with Crippen LogP contribution in [0.15, 0.2) is 10.8 Å². The lowest BCUT2D eigenvalue weighted by Crippen LogP contribution is -1.95. The quantitative estimate of drug-likeness (QED) is 0.0490. The molecule has 4 rings (SSSR count). The van der Waals surface area contributed by atoms with E-state index in [0.29, 0.717) is 0 Å². The number of unbranched alkanes of at least 4 members (excludes halogenated alkanes) is 8. The van der Waals surface area contributed by atoms with E-state index in [1.165, 1.54) is 183 Å². The Hall–Kier alpha value is -1.98. The molecule has 0 bridgehead atoms. The minimum atomic E-state index is 1.19. The number of rotatable bonds is 30. The van der Waals surface area contributed by atoms with Crippen LogP contribution in [0.4, 0.5) is 0 Å². The molecule has 0 saturated carbocycles. The third-order valence-corrected chi connectivity index (χ3v) is 16.3. The van der Waals surface area contributed by atoms with Crippen molar-refractivity contribution in [3.05, 3.63) is 84.5 Å². The lowest BCUT2D eigenvalue weighted by atomic mass is 9.96. The van der Waals surface area contributed by atoms with Gasteiger partial charge in [-0.2, -0.15) is 0 Å². The minimum Gasteiger partial charge on any atom is -0.144 e. The van der Waals surface area contributed by atoms with Crippen LogP contribution < -0.4 is 0 Å². The first-order chi connectivity index (χ1) is 28.5. The molecule has 0 nitrogen and oxygen atoms in total. The van der Waals surface area contributed by atoms with E-state index in [-0.39, 0.29) is 0 Å². The molecule has 320 valence electrons. The number of aryl methyl sites for hydroxylation is 2. The second-order valence-corrected chi connectivity index (χ2v) is 20.6. The second kappa shape index (κ2) is 27.8. The first-order valence-corrected chi connectivity index (χ1v) is 27.4. The molecular formula is C54H80S4. The van der Waals surface area contributed by atoms with Gasteiger partial charge in [0.05, 0.1) is 0 Å². The Morgan fingerprint density at radius 1 is 0.293 bits per heavy atom. The first kappa shape index (κ1) is 48.7. The van der Waals surface area contributed by atoms with Crippen molar-refractivity contribution in [1.82, 2.24) is 0 Å². The highest BCUT2D eigenvalue weighted by Gasteiger charge is 2.19. The Labute approximate surface area is 373 Å². The zero-order chi connectivity index (χ0) is 41.5. The molecule has 0 aliphatic heterocycles. The highest BCUT2D eigenvalue weighted by Crippen LogP contribution is 2.39. The third-order valence-electron chi connectivity index (χ3n) is 11.8. The average Bonchev–Trinajstić information content (AvgIpc) is 4.00. The maximum atomic E-state index is 2.55. The summed E-state index contributed by atoms with van der Waals surface area (Å²) >= 11 is 8.09. The molecule has 4 heteroatoms. The summed E-state index contributed by atoms with van der Waals surface area (Å²) in [6, 6.07) is 0. The molecular weight excluding hydrogens is 777 g/mol. The first-order valence-electron chi connectivity index (χ1n) is 24.0. The Morgan fingerprint density at radius 3 is 0.776 bits per heavy atom. The summed E-state index contributed by atoms with van der Waals surface area (Å²) in [6.07, 6.45) is 44.9. The normalized spacial score (nSPS) is 12.2. The molecule has 4 aromatic heterocycles. The number of hydrogen-bond acceptors (Lipinski definition) is 4. The van der Waals surface area contributed by atoms with Crippen LogP contribution >= 0.6 is 45.3 Å². The molecule has 0 aromatic carbocycles. The molecule has 4 aromatic rings. The summed E-state index contributed by atoms with van der Waals surface area (Å²) in [6.45, 7) is 18.7. The standard InChI is InChI=1S/C54H80S4/c1-9-17-25-41-39-55-49(43(41)27-19-11-3)33-35-51-45(29-21-13-5)47(31-23-15-7)53(57-51)37-38-54-48(32-24-16-8)46(30-22-14-6)52(58-54)36-34-50-44(28-20-12-4)42(40-56-50)26-18-10-2/h33-40H,9-32H2,1-8H3/b35-33+,36-34+,38-37+. The van der Waals surface area contributed by atoms with Gasteiger partial charge in [-0.3, -0.25) is 0 Å². The summed E-state index contributed by atoms with van der Waals surface area (Å²) < 4.78 is 0. The fourth-order valence-electron chi connectivity index (χ4n) is 8.16. The van der Waals surface area contributed by atoms with Crippen LogP contribution in [0.5, 0.6) is 0 Å². The minimum absolute atomic E-state index is 1.19. The van der Waals surface area contributed by atoms with E-state index in [4.69, 9.17) is 0 Å². The van der Waals surface area contributed by atoms with E-state index >= 15 is 0 Å². The molecule has 0 N–H and O–H groups in total. The summed E-state index contributed by atoms with van der Waals surface area (Å²) in [4.78, 5) is 9.00. The van der Waals surface area contributed by atoms with Crippen LogP contribution in [-0.4, -0.2) is 0 Å². The van der Waals surface area contributed by atoms with Gasteiger partial charge in [-0.1, -0.05) is 107 Å². The summed E-state index contributed by atoms with van der Waals surface area (Å²) in [5.41, 5.74) is 13.0. The molecule has 0 unspecified atom stereocenters. The van der Waals surface area contributed by atoms with Gasteiger partial charge in [0.2, 0.25) is 0 Å². The summed E-state index contributed by atoms with van der Waals surface area (Å²) in [7, 11) is 0. The summed E-state index contributed by atoms with van der Waals surface area (Å²) in [5, 5.41) is 4.94. The Morgan fingerprint density at radius 2 is 0.517 bits per heavy atom. The molecule has 0 saturated heterocycles. The van der Waals surface area contributed by atoms with E-state index in [9.17, 15) is 0 Å². The van der Waals surface area contributed by atoms with Crippen molar-refractivity contribution in [2.45, 2.75) is 209 Å². The Kier molecular flexibility index (Phi) is 23.3. The molecule has 0 aliphatic carbocycles. The highest BCUT2D eigenvalue weighted by atomic mass is 32.1. The lowest BCUT2D eigenvalue weighted by Gasteiger charge is -2.08. The van der Waals surface area contributed by atoms with Crippen molar-refractivity contribution >= 4 is 81.8 Å². The molecule has 0 atom stereocenters. The predicted molar refractivity (Wildman–Crippen MR) is 273 cm³/mol. The largest absolute Gasteiger partial charge is 0.144 e. The third kappa shape index (κ3) is 14.3. The smallest absolute Gasteiger partial charge is 0.0312 e. The molecule has 4 heterocycles. The Balaban J connectivity index is 1.79. The molecule has 0 fully saturated rings. The Bertz CT molecular complexity index is 1700. The van der Waals surface area contributed by atoms with E-state index in [1.54, 1.807) is 44.5 Å². The molecule has 0 aliphatic rings. The van der Waals surface area contributed by atoms with Crippen molar-refractivity contribution in [2.24, 2.45) is 0 Å². The van der Waals surface area contributed by atoms with E-state index in [2.05, 4.69) is 125 Å². The maximum Gasteiger partial charge on any atom is 0.0312 e. The summed E-state index contributed by atoms with van der Waals surface area (Å²) in [5.74, 6) is 0. The highest BCUT2D eigenvalue weighted by molar-refractivity contribution is 7.15. The van der Waals surface area contributed by atoms with Gasteiger partial charge in [-0.05, 0) is 194 Å². The fourth-order valence-corrected chi connectivity index (χ4v) is 12.7. The molecule has 0 spiro atoms. The van der Waals surface area contributed by atoms with Gasteiger partial charge in [0, 0.05) is 29.3 Å². The van der Waals surface area contributed by atoms with E-state index in [1.807, 2.05) is 22.7 Å². The average molecular weight is 858 g/mol. The van der Waals surface area contributed by atoms with Crippen molar-refractivity contribution in [3.8, 4) is 0 Å². The van der Waals surface area contributed by atoms with Crippen molar-refractivity contribution in [1.29, 1.82) is 0 Å². The van der Waals surface area contributed by atoms with Gasteiger partial charge in [-0.15, -0.1) is 45.3 Å². The van der Waals surface area contributed by atoms with Crippen LogP contribution in [0.3, 0.4) is 0 Å². The van der Waals surface area contributed by atoms with Gasteiger partial charge >= 0.3 is 0 Å². The SMILES string of the molecule is CCCCc1csc(/C=C/c2sc(/C=C/c3sc(/C=C/c4scc(CCCC)c4CCCC)c(CCCC)c3CCCC)c(CCCC)c2CCCC)c1CCCC. The van der Waals surface area contributed by atoms with Gasteiger partial charge in [0.1, 0.15) is 0 Å². The van der Waals surface area contributed by atoms with Crippen molar-refractivity contribution in [3.63, 3.8) is 0 Å². The van der Waals surface area contributed by atoms with Crippen LogP contribution in [0.25, 0.3) is 36.5 Å². The van der Waals surface area contributed by atoms with Crippen molar-refractivity contribution < 1.29 is 0 Å². The molecule has 0 radical (unpaired) electrons. The number of hydrogen-bond donors (Lipinski definition) is 0. The number of thiophene rings is 4.